The summed E-state index contributed by atoms with van der Waals surface area (Å²) in [5.41, 5.74) is 3.48. The van der Waals surface area contributed by atoms with Gasteiger partial charge in [0.05, 0.1) is 6.20 Å². The number of aliphatic imine (C=N–C) groups is 1. The molecule has 0 saturated heterocycles. The lowest BCUT2D eigenvalue weighted by molar-refractivity contribution is 0.0176. The Morgan fingerprint density at radius 3 is 2.80 bits per heavy atom. The third-order valence-corrected chi connectivity index (χ3v) is 5.27. The van der Waals surface area contributed by atoms with Gasteiger partial charge in [-0.3, -0.25) is 4.79 Å². The van der Waals surface area contributed by atoms with Gasteiger partial charge in [-0.2, -0.15) is 0 Å². The van der Waals surface area contributed by atoms with Crippen molar-refractivity contribution in [1.82, 2.24) is 4.98 Å². The summed E-state index contributed by atoms with van der Waals surface area (Å²) < 4.78 is 64.9. The maximum atomic E-state index is 14.6. The van der Waals surface area contributed by atoms with Crippen molar-refractivity contribution in [3.63, 3.8) is 0 Å². The average molecular weight is 423 g/mol. The van der Waals surface area contributed by atoms with Crippen LogP contribution in [-0.2, 0) is 16.7 Å². The number of aromatic nitrogens is 1. The third-order valence-electron chi connectivity index (χ3n) is 5.27. The number of hydrogen-bond donors (Lipinski definition) is 1. The fourth-order valence-electron chi connectivity index (χ4n) is 3.76. The van der Waals surface area contributed by atoms with E-state index in [-0.39, 0.29) is 29.8 Å². The van der Waals surface area contributed by atoms with Crippen LogP contribution in [0.15, 0.2) is 41.5 Å². The first-order valence-corrected chi connectivity index (χ1v) is 9.12. The van der Waals surface area contributed by atoms with Gasteiger partial charge in [-0.15, -0.1) is 0 Å². The zero-order chi connectivity index (χ0) is 21.5. The van der Waals surface area contributed by atoms with Crippen molar-refractivity contribution < 1.29 is 31.8 Å². The number of amidine groups is 1. The highest BCUT2D eigenvalue weighted by molar-refractivity contribution is 5.95. The molecule has 1 aliphatic carbocycles. The predicted molar refractivity (Wildman–Crippen MR) is 97.6 cm³/mol. The number of pyridine rings is 1. The number of Topliss-reactive ketones (excluding diaryl/α,β-unsaturated/α-hetero) is 1. The summed E-state index contributed by atoms with van der Waals surface area (Å²) in [5, 5.41) is 0. The SMILES string of the molecule is NC1=N[C@@](c2cc(CC(=O)c3ccc(OCF)cn3)ccc2F)(C(F)F)[C@H]2C[C@H]2O1. The second kappa shape index (κ2) is 7.58. The Hall–Kier alpha value is -3.17. The number of rotatable bonds is 7. The zero-order valence-corrected chi connectivity index (χ0v) is 15.5. The zero-order valence-electron chi connectivity index (χ0n) is 15.5. The van der Waals surface area contributed by atoms with Crippen molar-refractivity contribution in [3.8, 4) is 5.75 Å². The minimum Gasteiger partial charge on any atom is -0.462 e. The summed E-state index contributed by atoms with van der Waals surface area (Å²) in [5.74, 6) is -1.83. The smallest absolute Gasteiger partial charge is 0.283 e. The number of ether oxygens (including phenoxy) is 2. The van der Waals surface area contributed by atoms with E-state index in [1.807, 2.05) is 0 Å². The van der Waals surface area contributed by atoms with E-state index in [9.17, 15) is 22.4 Å². The molecule has 1 fully saturated rings. The summed E-state index contributed by atoms with van der Waals surface area (Å²) in [7, 11) is 0. The number of nitrogens with zero attached hydrogens (tertiary/aromatic N) is 2. The van der Waals surface area contributed by atoms with Gasteiger partial charge in [0.2, 0.25) is 6.86 Å². The predicted octanol–water partition coefficient (Wildman–Crippen LogP) is 3.15. The van der Waals surface area contributed by atoms with Gasteiger partial charge < -0.3 is 15.2 Å². The van der Waals surface area contributed by atoms with Crippen LogP contribution in [0.2, 0.25) is 0 Å². The minimum absolute atomic E-state index is 0.0752. The van der Waals surface area contributed by atoms with Gasteiger partial charge >= 0.3 is 0 Å². The normalized spacial score (nSPS) is 24.6. The molecule has 1 aromatic heterocycles. The van der Waals surface area contributed by atoms with Gasteiger partial charge in [-0.25, -0.2) is 27.5 Å². The molecule has 0 radical (unpaired) electrons. The molecule has 30 heavy (non-hydrogen) atoms. The Morgan fingerprint density at radius 1 is 1.33 bits per heavy atom. The van der Waals surface area contributed by atoms with E-state index >= 15 is 0 Å². The van der Waals surface area contributed by atoms with Crippen molar-refractivity contribution >= 4 is 11.8 Å². The lowest BCUT2D eigenvalue weighted by atomic mass is 9.83. The maximum absolute atomic E-state index is 14.6. The van der Waals surface area contributed by atoms with Crippen molar-refractivity contribution in [2.24, 2.45) is 16.6 Å². The van der Waals surface area contributed by atoms with Gasteiger partial charge in [0.25, 0.3) is 12.4 Å². The number of benzene rings is 1. The monoisotopic (exact) mass is 423 g/mol. The number of hydrogen-bond acceptors (Lipinski definition) is 6. The summed E-state index contributed by atoms with van der Waals surface area (Å²) in [6.07, 6.45) is -2.27. The third kappa shape index (κ3) is 3.46. The quantitative estimate of drug-likeness (QED) is 0.546. The number of nitrogens with two attached hydrogens (primary N) is 1. The lowest BCUT2D eigenvalue weighted by Crippen LogP contribution is -2.43. The fourth-order valence-corrected chi connectivity index (χ4v) is 3.76. The Kier molecular flexibility index (Phi) is 5.08. The Labute approximate surface area is 168 Å². The molecule has 10 heteroatoms. The van der Waals surface area contributed by atoms with Crippen molar-refractivity contribution in [1.29, 1.82) is 0 Å². The molecular weight excluding hydrogens is 406 g/mol. The summed E-state index contributed by atoms with van der Waals surface area (Å²) >= 11 is 0. The first kappa shape index (κ1) is 20.1. The first-order valence-electron chi connectivity index (χ1n) is 9.12. The van der Waals surface area contributed by atoms with Gasteiger partial charge in [0.1, 0.15) is 23.4 Å². The standard InChI is InChI=1S/C20H17F4N3O3/c21-9-29-11-2-4-15(26-8-11)16(28)6-10-1-3-14(22)12(5-10)20(18(23)24)13-7-17(13)30-19(25)27-20/h1-5,8,13,17-18H,6-7,9H2,(H2,25,27)/t13-,17+,20+/m0/s1. The van der Waals surface area contributed by atoms with Crippen LogP contribution in [0.1, 0.15) is 28.0 Å². The van der Waals surface area contributed by atoms with Crippen molar-refractivity contribution in [2.75, 3.05) is 6.86 Å². The number of ketones is 1. The van der Waals surface area contributed by atoms with Crippen LogP contribution in [0.25, 0.3) is 0 Å². The van der Waals surface area contributed by atoms with Crippen LogP contribution >= 0.6 is 0 Å². The molecule has 1 aliphatic heterocycles. The molecule has 0 bridgehead atoms. The fraction of sp³-hybridized carbons (Fsp3) is 0.350. The molecule has 2 heterocycles. The van der Waals surface area contributed by atoms with E-state index < -0.39 is 48.5 Å². The first-order chi connectivity index (χ1) is 14.3. The average Bonchev–Trinajstić information content (AvgIpc) is 3.49. The van der Waals surface area contributed by atoms with Crippen LogP contribution in [0, 0.1) is 11.7 Å². The number of halogens is 4. The van der Waals surface area contributed by atoms with Gasteiger partial charge in [-0.05, 0) is 36.2 Å². The Balaban J connectivity index is 1.63. The van der Waals surface area contributed by atoms with Crippen molar-refractivity contribution in [2.45, 2.75) is 30.9 Å². The Bertz CT molecular complexity index is 999. The topological polar surface area (TPSA) is 86.8 Å². The summed E-state index contributed by atoms with van der Waals surface area (Å²) in [4.78, 5) is 20.2. The van der Waals surface area contributed by atoms with Crippen LogP contribution < -0.4 is 10.5 Å². The van der Waals surface area contributed by atoms with Crippen LogP contribution in [-0.4, -0.2) is 36.2 Å². The van der Waals surface area contributed by atoms with E-state index in [4.69, 9.17) is 10.5 Å². The van der Waals surface area contributed by atoms with Crippen LogP contribution in [0.5, 0.6) is 5.75 Å². The molecule has 0 unspecified atom stereocenters. The molecule has 1 aromatic carbocycles. The highest BCUT2D eigenvalue weighted by Gasteiger charge is 2.64. The largest absolute Gasteiger partial charge is 0.462 e. The van der Waals surface area contributed by atoms with Crippen molar-refractivity contribution in [3.05, 3.63) is 59.2 Å². The van der Waals surface area contributed by atoms with Gasteiger partial charge in [0, 0.05) is 17.9 Å². The highest BCUT2D eigenvalue weighted by atomic mass is 19.3. The number of carbonyl (C=O) groups is 1. The lowest BCUT2D eigenvalue weighted by Gasteiger charge is -2.33. The van der Waals surface area contributed by atoms with E-state index in [0.717, 1.165) is 6.07 Å². The molecule has 4 rings (SSSR count). The van der Waals surface area contributed by atoms with E-state index in [1.165, 1.54) is 30.5 Å². The highest BCUT2D eigenvalue weighted by Crippen LogP contribution is 2.56. The summed E-state index contributed by atoms with van der Waals surface area (Å²) in [6, 6.07) is 5.93. The number of fused-ring (bicyclic) bond motifs is 1. The van der Waals surface area contributed by atoms with E-state index in [1.54, 1.807) is 0 Å². The molecule has 3 atom stereocenters. The maximum Gasteiger partial charge on any atom is 0.283 e. The molecule has 2 N–H and O–H groups in total. The number of alkyl halides is 3. The van der Waals surface area contributed by atoms with E-state index in [0.29, 0.717) is 5.56 Å². The molecule has 1 saturated carbocycles. The molecule has 6 nitrogen and oxygen atoms in total. The van der Waals surface area contributed by atoms with Gasteiger partial charge in [-0.1, -0.05) is 6.07 Å². The molecule has 158 valence electrons. The second-order valence-corrected chi connectivity index (χ2v) is 7.12. The molecule has 2 aromatic rings. The van der Waals surface area contributed by atoms with E-state index in [2.05, 4.69) is 14.7 Å². The van der Waals surface area contributed by atoms with Crippen LogP contribution in [0.3, 0.4) is 0 Å². The van der Waals surface area contributed by atoms with Gasteiger partial charge in [0.15, 0.2) is 11.3 Å². The second-order valence-electron chi connectivity index (χ2n) is 7.12. The molecule has 2 aliphatic rings. The molecular formula is C20H17F4N3O3. The molecule has 0 spiro atoms. The summed E-state index contributed by atoms with van der Waals surface area (Å²) in [6.45, 7) is -1.03. The number of carbonyl (C=O) groups excluding carboxylic acids is 1. The minimum atomic E-state index is -3.01. The van der Waals surface area contributed by atoms with Crippen LogP contribution in [0.4, 0.5) is 17.6 Å². The Morgan fingerprint density at radius 2 is 2.13 bits per heavy atom. The molecule has 0 amide bonds.